The summed E-state index contributed by atoms with van der Waals surface area (Å²) in [4.78, 5) is 39.2. The van der Waals surface area contributed by atoms with E-state index in [1.165, 1.54) is 18.4 Å². The lowest BCUT2D eigenvalue weighted by atomic mass is 10.1. The zero-order valence-corrected chi connectivity index (χ0v) is 11.0. The topological polar surface area (TPSA) is 63.7 Å². The maximum absolute atomic E-state index is 11.7. The molecule has 1 saturated heterocycles. The Morgan fingerprint density at radius 1 is 1.10 bits per heavy atom. The first-order valence-corrected chi connectivity index (χ1v) is 6.79. The highest BCUT2D eigenvalue weighted by Crippen LogP contribution is 2.39. The van der Waals surface area contributed by atoms with Crippen molar-refractivity contribution in [3.8, 4) is 0 Å². The fraction of sp³-hybridized carbons (Fsp3) is 0.400. The molecule has 0 unspecified atom stereocenters. The van der Waals surface area contributed by atoms with E-state index in [2.05, 4.69) is 0 Å². The molecule has 20 heavy (non-hydrogen) atoms. The minimum atomic E-state index is -0.590. The third-order valence-corrected chi connectivity index (χ3v) is 3.58. The Labute approximate surface area is 116 Å². The van der Waals surface area contributed by atoms with Gasteiger partial charge in [-0.15, -0.1) is 5.06 Å². The van der Waals surface area contributed by atoms with E-state index in [9.17, 15) is 14.4 Å². The van der Waals surface area contributed by atoms with Crippen LogP contribution in [0.3, 0.4) is 0 Å². The van der Waals surface area contributed by atoms with E-state index in [1.807, 2.05) is 24.3 Å². The van der Waals surface area contributed by atoms with Crippen molar-refractivity contribution < 1.29 is 19.2 Å². The van der Waals surface area contributed by atoms with Crippen LogP contribution in [0.5, 0.6) is 0 Å². The number of nitrogens with zero attached hydrogens (tertiary/aromatic N) is 1. The lowest BCUT2D eigenvalue weighted by molar-refractivity contribution is -0.197. The average molecular weight is 273 g/mol. The Kier molecular flexibility index (Phi) is 3.26. The van der Waals surface area contributed by atoms with Crippen LogP contribution in [0.15, 0.2) is 24.3 Å². The van der Waals surface area contributed by atoms with Crippen LogP contribution in [0.4, 0.5) is 0 Å². The number of hydroxylamine groups is 2. The quantitative estimate of drug-likeness (QED) is 0.783. The largest absolute Gasteiger partial charge is 0.337 e. The predicted octanol–water partition coefficient (Wildman–Crippen LogP) is 1.71. The molecule has 5 nitrogen and oxygen atoms in total. The zero-order chi connectivity index (χ0) is 14.1. The Morgan fingerprint density at radius 3 is 2.25 bits per heavy atom. The normalized spacial score (nSPS) is 18.5. The van der Waals surface area contributed by atoms with Crippen molar-refractivity contribution in [3.05, 3.63) is 35.4 Å². The third-order valence-electron chi connectivity index (χ3n) is 3.58. The van der Waals surface area contributed by atoms with Crippen molar-refractivity contribution in [3.63, 3.8) is 0 Å². The Hall–Kier alpha value is -2.17. The van der Waals surface area contributed by atoms with Gasteiger partial charge in [0.15, 0.2) is 0 Å². The van der Waals surface area contributed by atoms with Gasteiger partial charge < -0.3 is 4.84 Å². The number of imide groups is 1. The number of benzene rings is 1. The molecule has 1 saturated carbocycles. The molecule has 1 aliphatic carbocycles. The summed E-state index contributed by atoms with van der Waals surface area (Å²) in [6, 6.07) is 7.82. The zero-order valence-electron chi connectivity index (χ0n) is 11.0. The molecule has 1 heterocycles. The third kappa shape index (κ3) is 2.71. The van der Waals surface area contributed by atoms with E-state index in [1.54, 1.807) is 0 Å². The Balaban J connectivity index is 1.58. The summed E-state index contributed by atoms with van der Waals surface area (Å²) >= 11 is 0. The predicted molar refractivity (Wildman–Crippen MR) is 69.3 cm³/mol. The first-order valence-electron chi connectivity index (χ1n) is 6.79. The second-order valence-corrected chi connectivity index (χ2v) is 5.24. The lowest BCUT2D eigenvalue weighted by Crippen LogP contribution is -2.32. The van der Waals surface area contributed by atoms with Crippen molar-refractivity contribution in [1.29, 1.82) is 0 Å². The fourth-order valence-electron chi connectivity index (χ4n) is 2.28. The van der Waals surface area contributed by atoms with Crippen LogP contribution in [0.2, 0.25) is 0 Å². The fourth-order valence-corrected chi connectivity index (χ4v) is 2.28. The van der Waals surface area contributed by atoms with Gasteiger partial charge in [0.05, 0.1) is 6.42 Å². The van der Waals surface area contributed by atoms with Crippen molar-refractivity contribution >= 4 is 17.8 Å². The number of hydrogen-bond acceptors (Lipinski definition) is 4. The van der Waals surface area contributed by atoms with E-state index in [0.717, 1.165) is 5.56 Å². The van der Waals surface area contributed by atoms with E-state index in [0.29, 0.717) is 11.0 Å². The highest BCUT2D eigenvalue weighted by Gasteiger charge is 2.32. The molecule has 0 aromatic heterocycles. The lowest BCUT2D eigenvalue weighted by Gasteiger charge is -2.12. The Bertz CT molecular complexity index is 544. The number of rotatable bonds is 4. The van der Waals surface area contributed by atoms with Gasteiger partial charge in [0, 0.05) is 12.8 Å². The van der Waals surface area contributed by atoms with Gasteiger partial charge in [0.25, 0.3) is 11.8 Å². The van der Waals surface area contributed by atoms with Gasteiger partial charge in [-0.05, 0) is 29.9 Å². The van der Waals surface area contributed by atoms with Crippen LogP contribution >= 0.6 is 0 Å². The van der Waals surface area contributed by atoms with Crippen molar-refractivity contribution in [2.24, 2.45) is 0 Å². The van der Waals surface area contributed by atoms with Crippen LogP contribution in [0.25, 0.3) is 0 Å². The highest BCUT2D eigenvalue weighted by molar-refractivity contribution is 6.01. The molecule has 0 radical (unpaired) electrons. The molecule has 1 aromatic rings. The van der Waals surface area contributed by atoms with Crippen molar-refractivity contribution in [2.45, 2.75) is 38.0 Å². The first-order chi connectivity index (χ1) is 9.63. The molecular weight excluding hydrogens is 258 g/mol. The number of hydrogen-bond donors (Lipinski definition) is 0. The van der Waals surface area contributed by atoms with Crippen molar-refractivity contribution in [2.75, 3.05) is 0 Å². The summed E-state index contributed by atoms with van der Waals surface area (Å²) in [5, 5.41) is 0.584. The van der Waals surface area contributed by atoms with E-state index >= 15 is 0 Å². The van der Waals surface area contributed by atoms with Gasteiger partial charge in [0.2, 0.25) is 0 Å². The van der Waals surface area contributed by atoms with E-state index in [4.69, 9.17) is 4.84 Å². The van der Waals surface area contributed by atoms with E-state index in [-0.39, 0.29) is 19.3 Å². The van der Waals surface area contributed by atoms with Crippen LogP contribution in [0.1, 0.15) is 42.7 Å². The Morgan fingerprint density at radius 2 is 1.70 bits per heavy atom. The summed E-state index contributed by atoms with van der Waals surface area (Å²) in [5.41, 5.74) is 2.12. The molecule has 5 heteroatoms. The molecule has 0 bridgehead atoms. The molecule has 0 spiro atoms. The van der Waals surface area contributed by atoms with Gasteiger partial charge in [0.1, 0.15) is 0 Å². The summed E-state index contributed by atoms with van der Waals surface area (Å²) in [5.74, 6) is -0.816. The number of carbonyl (C=O) groups is 3. The molecule has 2 aliphatic rings. The molecule has 0 atom stereocenters. The van der Waals surface area contributed by atoms with E-state index < -0.39 is 17.8 Å². The molecule has 104 valence electrons. The molecule has 1 aromatic carbocycles. The van der Waals surface area contributed by atoms with Crippen LogP contribution in [-0.4, -0.2) is 22.8 Å². The minimum absolute atomic E-state index is 0.0575. The summed E-state index contributed by atoms with van der Waals surface area (Å²) < 4.78 is 0. The second kappa shape index (κ2) is 5.07. The molecular formula is C15H15NO4. The molecule has 1 aliphatic heterocycles. The molecule has 2 amide bonds. The number of amides is 2. The molecule has 0 N–H and O–H groups in total. The van der Waals surface area contributed by atoms with Gasteiger partial charge in [-0.3, -0.25) is 9.59 Å². The smallest absolute Gasteiger partial charge is 0.330 e. The van der Waals surface area contributed by atoms with Crippen LogP contribution in [0, 0.1) is 0 Å². The maximum Gasteiger partial charge on any atom is 0.337 e. The first kappa shape index (κ1) is 12.8. The average Bonchev–Trinajstić information content (AvgIpc) is 3.23. The van der Waals surface area contributed by atoms with Crippen LogP contribution < -0.4 is 0 Å². The minimum Gasteiger partial charge on any atom is -0.330 e. The molecule has 3 rings (SSSR count). The van der Waals surface area contributed by atoms with Gasteiger partial charge in [-0.1, -0.05) is 24.3 Å². The standard InChI is InChI=1S/C15H15NO4/c17-13-7-8-14(18)16(13)20-15(19)9-10-1-3-11(4-2-10)12-5-6-12/h1-4,12H,5-9H2. The van der Waals surface area contributed by atoms with Gasteiger partial charge in [-0.25, -0.2) is 4.79 Å². The van der Waals surface area contributed by atoms with Crippen molar-refractivity contribution in [1.82, 2.24) is 5.06 Å². The van der Waals surface area contributed by atoms with Gasteiger partial charge in [-0.2, -0.15) is 0 Å². The maximum atomic E-state index is 11.7. The summed E-state index contributed by atoms with van der Waals surface area (Å²) in [6.45, 7) is 0. The van der Waals surface area contributed by atoms with Gasteiger partial charge >= 0.3 is 5.97 Å². The monoisotopic (exact) mass is 273 g/mol. The molecule has 2 fully saturated rings. The SMILES string of the molecule is O=C(Cc1ccc(C2CC2)cc1)ON1C(=O)CCC1=O. The second-order valence-electron chi connectivity index (χ2n) is 5.24. The summed E-state index contributed by atoms with van der Waals surface area (Å²) in [6.07, 6.45) is 2.76. The number of carbonyl (C=O) groups excluding carboxylic acids is 3. The highest BCUT2D eigenvalue weighted by atomic mass is 16.7. The summed E-state index contributed by atoms with van der Waals surface area (Å²) in [7, 11) is 0. The van der Waals surface area contributed by atoms with Crippen LogP contribution in [-0.2, 0) is 25.6 Å².